The van der Waals surface area contributed by atoms with Gasteiger partial charge in [-0.05, 0) is 38.8 Å². The van der Waals surface area contributed by atoms with Gasteiger partial charge in [0.15, 0.2) is 11.8 Å². The van der Waals surface area contributed by atoms with E-state index in [-0.39, 0.29) is 17.2 Å². The second kappa shape index (κ2) is 28.7. The lowest BCUT2D eigenvalue weighted by Crippen LogP contribution is -2.62. The number of nitrogens with zero attached hydrogens (tertiary/aromatic N) is 1. The molecule has 2 bridgehead atoms. The maximum atomic E-state index is 14.7. The summed E-state index contributed by atoms with van der Waals surface area (Å²) in [6.45, 7) is 7.71. The summed E-state index contributed by atoms with van der Waals surface area (Å²) in [5, 5.41) is 52.2. The topological polar surface area (TPSA) is 411 Å². The molecule has 5 rings (SSSR count). The van der Waals surface area contributed by atoms with E-state index in [9.17, 15) is 67.8 Å². The van der Waals surface area contributed by atoms with Gasteiger partial charge in [-0.15, -0.1) is 0 Å². The van der Waals surface area contributed by atoms with Crippen LogP contribution in [0.4, 0.5) is 4.79 Å². The first-order chi connectivity index (χ1) is 36.8. The van der Waals surface area contributed by atoms with Crippen LogP contribution < -0.4 is 53.0 Å². The number of ether oxygens (including phenoxy) is 2. The highest BCUT2D eigenvalue weighted by Gasteiger charge is 2.46. The largest absolute Gasteiger partial charge is 0.493 e. The average Bonchev–Trinajstić information content (AvgIpc) is 3.97. The van der Waals surface area contributed by atoms with E-state index in [0.717, 1.165) is 4.90 Å². The fourth-order valence-electron chi connectivity index (χ4n) is 8.62. The zero-order chi connectivity index (χ0) is 57.6. The van der Waals surface area contributed by atoms with E-state index >= 15 is 0 Å². The molecule has 0 aliphatic carbocycles. The van der Waals surface area contributed by atoms with Crippen LogP contribution in [0, 0.1) is 11.8 Å². The Morgan fingerprint density at radius 1 is 0.885 bits per heavy atom. The van der Waals surface area contributed by atoms with Crippen LogP contribution in [0.2, 0.25) is 0 Å². The first-order valence-electron chi connectivity index (χ1n) is 25.3. The number of benzene rings is 1. The van der Waals surface area contributed by atoms with Gasteiger partial charge in [-0.25, -0.2) is 4.79 Å². The number of aliphatic hydroxyl groups is 3. The van der Waals surface area contributed by atoms with Crippen LogP contribution in [-0.2, 0) is 65.5 Å². The van der Waals surface area contributed by atoms with Gasteiger partial charge in [0.1, 0.15) is 41.6 Å². The Hall–Kier alpha value is -6.05. The first-order valence-corrected chi connectivity index (χ1v) is 29.1. The molecule has 78 heavy (non-hydrogen) atoms. The molecule has 11 atom stereocenters. The van der Waals surface area contributed by atoms with Crippen LogP contribution in [-0.4, -0.2) is 200 Å². The average molecular weight is 1160 g/mol. The van der Waals surface area contributed by atoms with E-state index in [1.54, 1.807) is 52.8 Å². The lowest BCUT2D eigenvalue weighted by atomic mass is 9.93. The second-order valence-electron chi connectivity index (χ2n) is 20.1. The van der Waals surface area contributed by atoms with Gasteiger partial charge in [-0.3, -0.25) is 43.2 Å². The van der Waals surface area contributed by atoms with Crippen LogP contribution in [0.1, 0.15) is 66.4 Å². The lowest BCUT2D eigenvalue weighted by Gasteiger charge is -2.32. The Kier molecular flexibility index (Phi) is 23.1. The molecule has 2 aromatic rings. The van der Waals surface area contributed by atoms with Crippen LogP contribution >= 0.6 is 21.6 Å². The van der Waals surface area contributed by atoms with Gasteiger partial charge in [0, 0.05) is 60.4 Å². The third kappa shape index (κ3) is 17.7. The molecule has 10 amide bonds. The van der Waals surface area contributed by atoms with Crippen molar-refractivity contribution in [3.05, 3.63) is 23.8 Å². The van der Waals surface area contributed by atoms with Crippen molar-refractivity contribution in [2.45, 2.75) is 126 Å². The van der Waals surface area contributed by atoms with E-state index < -0.39 is 188 Å². The molecular formula is C48H72N11O16S3+. The highest BCUT2D eigenvalue weighted by molar-refractivity contribution is 8.76. The molecule has 0 saturated carbocycles. The molecule has 1 fully saturated rings. The third-order valence-electron chi connectivity index (χ3n) is 12.9. The minimum atomic E-state index is -2.15. The fraction of sp³-hybridized carbons (Fsp3) is 0.625. The Labute approximate surface area is 460 Å². The van der Waals surface area contributed by atoms with Gasteiger partial charge in [-0.1, -0.05) is 48.8 Å². The normalized spacial score (nSPS) is 25.6. The number of hydrogen-bond acceptors (Lipinski definition) is 18. The molecule has 30 heteroatoms. The minimum absolute atomic E-state index is 0.0227. The number of hydrogen-bond donors (Lipinski definition) is 14. The molecule has 4 heterocycles. The molecular weight excluding hydrogens is 1080 g/mol. The summed E-state index contributed by atoms with van der Waals surface area (Å²) in [5.74, 6) is -10.1. The van der Waals surface area contributed by atoms with Gasteiger partial charge in [0.25, 0.3) is 5.03 Å². The van der Waals surface area contributed by atoms with Gasteiger partial charge < -0.3 is 82.9 Å². The van der Waals surface area contributed by atoms with Crippen molar-refractivity contribution >= 4 is 103 Å². The summed E-state index contributed by atoms with van der Waals surface area (Å²) >= 11 is -2.15. The van der Waals surface area contributed by atoms with Crippen molar-refractivity contribution < 1.29 is 77.3 Å². The Balaban J connectivity index is 1.62. The number of carbonyl (C=O) groups excluding carboxylic acids is 10. The molecule has 432 valence electrons. The Bertz CT molecular complexity index is 2530. The van der Waals surface area contributed by atoms with Gasteiger partial charge in [-0.2, -0.15) is 4.55 Å². The number of aliphatic hydroxyl groups excluding tert-OH is 3. The van der Waals surface area contributed by atoms with Crippen molar-refractivity contribution in [2.75, 3.05) is 56.7 Å². The molecule has 15 N–H and O–H groups in total. The number of alkyl carbamates (subject to hydrolysis) is 1. The molecule has 0 radical (unpaired) electrons. The predicted molar refractivity (Wildman–Crippen MR) is 287 cm³/mol. The number of primary amides is 1. The van der Waals surface area contributed by atoms with E-state index in [0.29, 0.717) is 41.1 Å². The Morgan fingerprint density at radius 2 is 1.56 bits per heavy atom. The smallest absolute Gasteiger partial charge is 0.407 e. The van der Waals surface area contributed by atoms with E-state index in [1.165, 1.54) is 28.5 Å². The molecule has 27 nitrogen and oxygen atoms in total. The SMILES string of the molecule is CC[C@H](C)[C@@H]1NC(=O)CNC(=O)[C@@H]2Cc3c([nH]c4cc(OCCSSCCNC(=O)OC(C)(C)C)ccc34)[S+](O)CC(NC(=O)CNC1=O)C(=O)N[C@@H](CC(N)=O)C(=O)N1CC(O)C[C@H]1C(=O)N[C@@H]([C@@H](C)[C@@H](O)CO)C(=O)N2. The molecule has 1 aromatic carbocycles. The van der Waals surface area contributed by atoms with Gasteiger partial charge in [0.2, 0.25) is 64.3 Å². The van der Waals surface area contributed by atoms with E-state index in [2.05, 4.69) is 47.5 Å². The van der Waals surface area contributed by atoms with Crippen molar-refractivity contribution in [2.24, 2.45) is 17.6 Å². The first kappa shape index (κ1) is 62.8. The highest BCUT2D eigenvalue weighted by Crippen LogP contribution is 2.32. The fourth-order valence-corrected chi connectivity index (χ4v) is 11.8. The van der Waals surface area contributed by atoms with Crippen LogP contribution in [0.3, 0.4) is 0 Å². The summed E-state index contributed by atoms with van der Waals surface area (Å²) in [6.07, 6.45) is -4.91. The quantitative estimate of drug-likeness (QED) is 0.0480. The number of amides is 10. The monoisotopic (exact) mass is 1150 g/mol. The van der Waals surface area contributed by atoms with Crippen molar-refractivity contribution in [3.8, 4) is 5.75 Å². The summed E-state index contributed by atoms with van der Waals surface area (Å²) in [6, 6.07) is -5.07. The number of aromatic nitrogens is 1. The van der Waals surface area contributed by atoms with Crippen LogP contribution in [0.5, 0.6) is 5.75 Å². The summed E-state index contributed by atoms with van der Waals surface area (Å²) < 4.78 is 23.6. The molecule has 3 aliphatic heterocycles. The van der Waals surface area contributed by atoms with Crippen LogP contribution in [0.25, 0.3) is 10.9 Å². The number of aromatic amines is 1. The highest BCUT2D eigenvalue weighted by atomic mass is 33.1. The standard InChI is InChI=1S/C48H71N11O16S3/c1-7-23(2)38-43(69)52-18-36(64)53-32-22-78(73)45-28(27-9-8-26(15-29(27)56-45)74-11-13-77-76-12-10-50-47(72)75-48(4,5)6)16-30(40(66)51-19-37(65)57-38)54-44(70)39(24(3)34(62)21-60)58-42(68)33-14-25(61)20-59(33)46(71)31(17-35(49)63)55-41(32)67/h8-9,15,23-25,30-34,38-39,56,60-62,73H,7,10-14,16-22H2,1-6H3,(H9-,49,50,51,52,53,54,55,57,58,63,64,65,66,67,68,69,70,72)/p+1/t23-,24-,25?,30-,31-,32?,33-,34-,38-,39-,78?/m0/s1. The lowest BCUT2D eigenvalue weighted by molar-refractivity contribution is -0.144. The number of carbonyl (C=O) groups is 10. The molecule has 3 aliphatic rings. The maximum Gasteiger partial charge on any atom is 0.407 e. The molecule has 1 saturated heterocycles. The minimum Gasteiger partial charge on any atom is -0.493 e. The second-order valence-corrected chi connectivity index (χ2v) is 24.2. The summed E-state index contributed by atoms with van der Waals surface area (Å²) in [5.41, 5.74) is 5.43. The third-order valence-corrected chi connectivity index (χ3v) is 16.7. The molecule has 1 aromatic heterocycles. The number of H-pyrrole nitrogens is 1. The number of nitrogens with two attached hydrogens (primary N) is 1. The Morgan fingerprint density at radius 3 is 2.23 bits per heavy atom. The van der Waals surface area contributed by atoms with Crippen molar-refractivity contribution in [1.82, 2.24) is 52.4 Å². The van der Waals surface area contributed by atoms with E-state index in [1.807, 2.05) is 0 Å². The van der Waals surface area contributed by atoms with Gasteiger partial charge in [0.05, 0.1) is 50.4 Å². The van der Waals surface area contributed by atoms with Crippen molar-refractivity contribution in [3.63, 3.8) is 0 Å². The number of nitrogens with one attached hydrogen (secondary N) is 9. The van der Waals surface area contributed by atoms with Gasteiger partial charge >= 0.3 is 6.09 Å². The molecule has 3 unspecified atom stereocenters. The van der Waals surface area contributed by atoms with Crippen molar-refractivity contribution in [1.29, 1.82) is 0 Å². The maximum absolute atomic E-state index is 14.7. The predicted octanol–water partition coefficient (Wildman–Crippen LogP) is -3.00. The number of fused-ring (bicyclic) bond motifs is 5. The van der Waals surface area contributed by atoms with Crippen LogP contribution in [0.15, 0.2) is 23.2 Å². The number of rotatable bonds is 15. The molecule has 0 spiro atoms. The zero-order valence-electron chi connectivity index (χ0n) is 44.1. The zero-order valence-corrected chi connectivity index (χ0v) is 46.6. The van der Waals surface area contributed by atoms with E-state index in [4.69, 9.17) is 15.2 Å². The summed E-state index contributed by atoms with van der Waals surface area (Å²) in [4.78, 5) is 142. The summed E-state index contributed by atoms with van der Waals surface area (Å²) in [7, 11) is 3.00.